The largest absolute Gasteiger partial charge is 0.496 e. The van der Waals surface area contributed by atoms with E-state index in [1.807, 2.05) is 47.2 Å². The Morgan fingerprint density at radius 2 is 1.94 bits per heavy atom. The zero-order valence-electron chi connectivity index (χ0n) is 17.7. The van der Waals surface area contributed by atoms with Gasteiger partial charge in [-0.1, -0.05) is 36.4 Å². The third-order valence-corrected chi connectivity index (χ3v) is 5.21. The molecule has 3 aromatic carbocycles. The minimum Gasteiger partial charge on any atom is -0.496 e. The lowest BCUT2D eigenvalue weighted by atomic mass is 10.0. The topological polar surface area (TPSA) is 85.3 Å². The Bertz CT molecular complexity index is 1240. The fourth-order valence-corrected chi connectivity index (χ4v) is 3.57. The average Bonchev–Trinajstić information content (AvgIpc) is 3.35. The number of carbonyl (C=O) groups is 2. The molecule has 0 saturated carbocycles. The van der Waals surface area contributed by atoms with Gasteiger partial charge in [-0.05, 0) is 35.0 Å². The molecular weight excluding hydrogens is 404 g/mol. The third-order valence-electron chi connectivity index (χ3n) is 5.21. The van der Waals surface area contributed by atoms with Crippen LogP contribution in [0, 0.1) is 0 Å². The number of anilines is 1. The molecule has 0 unspecified atom stereocenters. The number of imidazole rings is 1. The van der Waals surface area contributed by atoms with Gasteiger partial charge in [0.2, 0.25) is 5.91 Å². The van der Waals surface area contributed by atoms with Crippen LogP contribution in [0.5, 0.6) is 5.75 Å². The van der Waals surface area contributed by atoms with Crippen molar-refractivity contribution in [2.24, 2.45) is 0 Å². The molecule has 0 fully saturated rings. The highest BCUT2D eigenvalue weighted by molar-refractivity contribution is 5.97. The zero-order chi connectivity index (χ0) is 22.3. The van der Waals surface area contributed by atoms with Gasteiger partial charge in [-0.15, -0.1) is 0 Å². The summed E-state index contributed by atoms with van der Waals surface area (Å²) in [5.41, 5.74) is 1.97. The number of fused-ring (bicyclic) bond motifs is 1. The molecule has 0 spiro atoms. The standard InChI is InChI=1S/C25H24N4O3/c1-32-23-10-9-18-5-2-3-8-21(18)22(23)16-27-25(31)19-6-4-7-20(15-19)28-24(30)11-13-29-14-12-26-17-29/h2-10,12,14-15,17H,11,13,16H2,1H3,(H,27,31)(H,28,30). The van der Waals surface area contributed by atoms with E-state index in [1.54, 1.807) is 43.9 Å². The summed E-state index contributed by atoms with van der Waals surface area (Å²) >= 11 is 0. The van der Waals surface area contributed by atoms with E-state index in [0.29, 0.717) is 30.8 Å². The molecule has 0 aliphatic heterocycles. The van der Waals surface area contributed by atoms with Crippen LogP contribution in [0.1, 0.15) is 22.3 Å². The Kier molecular flexibility index (Phi) is 6.46. The predicted molar refractivity (Wildman–Crippen MR) is 124 cm³/mol. The summed E-state index contributed by atoms with van der Waals surface area (Å²) in [5, 5.41) is 7.92. The first kappa shape index (κ1) is 21.1. The minimum absolute atomic E-state index is 0.128. The molecule has 0 atom stereocenters. The fourth-order valence-electron chi connectivity index (χ4n) is 3.57. The number of aryl methyl sites for hydroxylation is 1. The van der Waals surface area contributed by atoms with Crippen LogP contribution in [0.25, 0.3) is 10.8 Å². The molecule has 32 heavy (non-hydrogen) atoms. The molecule has 4 aromatic rings. The van der Waals surface area contributed by atoms with Crippen molar-refractivity contribution in [3.8, 4) is 5.75 Å². The highest BCUT2D eigenvalue weighted by atomic mass is 16.5. The van der Waals surface area contributed by atoms with Gasteiger partial charge in [-0.2, -0.15) is 0 Å². The Morgan fingerprint density at radius 3 is 2.75 bits per heavy atom. The number of aromatic nitrogens is 2. The van der Waals surface area contributed by atoms with Crippen molar-refractivity contribution < 1.29 is 14.3 Å². The molecule has 2 N–H and O–H groups in total. The first-order valence-electron chi connectivity index (χ1n) is 10.3. The van der Waals surface area contributed by atoms with Crippen LogP contribution in [0.15, 0.2) is 79.4 Å². The van der Waals surface area contributed by atoms with Crippen LogP contribution in [0.4, 0.5) is 5.69 Å². The van der Waals surface area contributed by atoms with Crippen molar-refractivity contribution in [2.75, 3.05) is 12.4 Å². The third kappa shape index (κ3) is 4.95. The summed E-state index contributed by atoms with van der Waals surface area (Å²) in [4.78, 5) is 29.0. The van der Waals surface area contributed by atoms with E-state index in [0.717, 1.165) is 22.1 Å². The van der Waals surface area contributed by atoms with Crippen molar-refractivity contribution in [2.45, 2.75) is 19.5 Å². The number of nitrogens with zero attached hydrogens (tertiary/aromatic N) is 2. The number of nitrogens with one attached hydrogen (secondary N) is 2. The van der Waals surface area contributed by atoms with Gasteiger partial charge in [0, 0.05) is 48.7 Å². The quantitative estimate of drug-likeness (QED) is 0.444. The van der Waals surface area contributed by atoms with Crippen molar-refractivity contribution in [1.29, 1.82) is 0 Å². The van der Waals surface area contributed by atoms with E-state index in [1.165, 1.54) is 0 Å². The van der Waals surface area contributed by atoms with Gasteiger partial charge in [0.25, 0.3) is 5.91 Å². The lowest BCUT2D eigenvalue weighted by Crippen LogP contribution is -2.23. The highest BCUT2D eigenvalue weighted by Crippen LogP contribution is 2.28. The Balaban J connectivity index is 1.41. The smallest absolute Gasteiger partial charge is 0.251 e. The molecule has 0 aliphatic carbocycles. The van der Waals surface area contributed by atoms with Gasteiger partial charge in [-0.25, -0.2) is 4.98 Å². The summed E-state index contributed by atoms with van der Waals surface area (Å²) in [6, 6.07) is 18.8. The van der Waals surface area contributed by atoms with Crippen molar-refractivity contribution in [1.82, 2.24) is 14.9 Å². The van der Waals surface area contributed by atoms with E-state index in [2.05, 4.69) is 15.6 Å². The van der Waals surface area contributed by atoms with Gasteiger partial charge in [0.05, 0.1) is 13.4 Å². The van der Waals surface area contributed by atoms with Gasteiger partial charge in [0.1, 0.15) is 5.75 Å². The molecule has 2 amide bonds. The fraction of sp³-hybridized carbons (Fsp3) is 0.160. The van der Waals surface area contributed by atoms with E-state index in [-0.39, 0.29) is 11.8 Å². The maximum absolute atomic E-state index is 12.8. The molecule has 162 valence electrons. The first-order chi connectivity index (χ1) is 15.6. The minimum atomic E-state index is -0.227. The Labute approximate surface area is 186 Å². The number of amides is 2. The van der Waals surface area contributed by atoms with Crippen LogP contribution in [-0.2, 0) is 17.9 Å². The number of rotatable bonds is 8. The average molecular weight is 428 g/mol. The van der Waals surface area contributed by atoms with Crippen LogP contribution >= 0.6 is 0 Å². The number of carbonyl (C=O) groups excluding carboxylic acids is 2. The lowest BCUT2D eigenvalue weighted by molar-refractivity contribution is -0.116. The van der Waals surface area contributed by atoms with Gasteiger partial charge < -0.3 is 19.9 Å². The Hall–Kier alpha value is -4.13. The summed E-state index contributed by atoms with van der Waals surface area (Å²) in [6.07, 6.45) is 5.47. The van der Waals surface area contributed by atoms with Crippen LogP contribution in [-0.4, -0.2) is 28.5 Å². The number of methoxy groups -OCH3 is 1. The first-order valence-corrected chi connectivity index (χ1v) is 10.3. The van der Waals surface area contributed by atoms with Gasteiger partial charge in [-0.3, -0.25) is 9.59 Å². The van der Waals surface area contributed by atoms with Gasteiger partial charge >= 0.3 is 0 Å². The molecule has 4 rings (SSSR count). The lowest BCUT2D eigenvalue weighted by Gasteiger charge is -2.13. The number of benzene rings is 3. The molecule has 0 aliphatic rings. The van der Waals surface area contributed by atoms with Crippen molar-refractivity contribution >= 4 is 28.3 Å². The number of hydrogen-bond acceptors (Lipinski definition) is 4. The highest BCUT2D eigenvalue weighted by Gasteiger charge is 2.12. The predicted octanol–water partition coefficient (Wildman–Crippen LogP) is 4.00. The van der Waals surface area contributed by atoms with E-state index >= 15 is 0 Å². The monoisotopic (exact) mass is 428 g/mol. The molecule has 0 bridgehead atoms. The van der Waals surface area contributed by atoms with Crippen molar-refractivity contribution in [3.05, 3.63) is 90.5 Å². The second-order valence-electron chi connectivity index (χ2n) is 7.33. The molecule has 1 aromatic heterocycles. The zero-order valence-corrected chi connectivity index (χ0v) is 17.7. The molecule has 7 heteroatoms. The number of ether oxygens (including phenoxy) is 1. The van der Waals surface area contributed by atoms with Crippen LogP contribution < -0.4 is 15.4 Å². The number of hydrogen-bond donors (Lipinski definition) is 2. The maximum atomic E-state index is 12.8. The van der Waals surface area contributed by atoms with Crippen molar-refractivity contribution in [3.63, 3.8) is 0 Å². The van der Waals surface area contributed by atoms with E-state index in [9.17, 15) is 9.59 Å². The molecular formula is C25H24N4O3. The molecule has 0 saturated heterocycles. The Morgan fingerprint density at radius 1 is 1.06 bits per heavy atom. The van der Waals surface area contributed by atoms with Gasteiger partial charge in [0.15, 0.2) is 0 Å². The van der Waals surface area contributed by atoms with E-state index < -0.39 is 0 Å². The van der Waals surface area contributed by atoms with E-state index in [4.69, 9.17) is 4.74 Å². The second kappa shape index (κ2) is 9.78. The second-order valence-corrected chi connectivity index (χ2v) is 7.33. The summed E-state index contributed by atoms with van der Waals surface area (Å²) in [5.74, 6) is 0.370. The molecule has 0 radical (unpaired) electrons. The maximum Gasteiger partial charge on any atom is 0.251 e. The van der Waals surface area contributed by atoms with Crippen LogP contribution in [0.3, 0.4) is 0 Å². The van der Waals surface area contributed by atoms with Crippen LogP contribution in [0.2, 0.25) is 0 Å². The summed E-state index contributed by atoms with van der Waals surface area (Å²) < 4.78 is 7.34. The molecule has 1 heterocycles. The molecule has 7 nitrogen and oxygen atoms in total. The normalized spacial score (nSPS) is 10.7. The SMILES string of the molecule is COc1ccc2ccccc2c1CNC(=O)c1cccc(NC(=O)CCn2ccnc2)c1. The summed E-state index contributed by atoms with van der Waals surface area (Å²) in [7, 11) is 1.62. The summed E-state index contributed by atoms with van der Waals surface area (Å²) in [6.45, 7) is 0.865.